The fourth-order valence-electron chi connectivity index (χ4n) is 6.83. The maximum Gasteiger partial charge on any atom is 0.276 e. The van der Waals surface area contributed by atoms with Crippen LogP contribution in [-0.2, 0) is 27.9 Å². The smallest absolute Gasteiger partial charge is 0.276 e. The summed E-state index contributed by atoms with van der Waals surface area (Å²) in [6, 6.07) is 7.19. The van der Waals surface area contributed by atoms with Gasteiger partial charge in [-0.3, -0.25) is 14.3 Å². The summed E-state index contributed by atoms with van der Waals surface area (Å²) in [5, 5.41) is 7.90. The van der Waals surface area contributed by atoms with E-state index in [4.69, 9.17) is 20.3 Å². The van der Waals surface area contributed by atoms with Crippen molar-refractivity contribution >= 4 is 23.3 Å². The number of aryl methyl sites for hydroxylation is 1. The molecule has 0 radical (unpaired) electrons. The zero-order valence-electron chi connectivity index (χ0n) is 26.7. The topological polar surface area (TPSA) is 137 Å². The second-order valence-corrected chi connectivity index (χ2v) is 13.4. The van der Waals surface area contributed by atoms with Crippen LogP contribution in [-0.4, -0.2) is 76.0 Å². The summed E-state index contributed by atoms with van der Waals surface area (Å²) in [6.45, 7) is 8.09. The first kappa shape index (κ1) is 31.3. The van der Waals surface area contributed by atoms with Crippen molar-refractivity contribution in [3.8, 4) is 11.4 Å². The second kappa shape index (κ2) is 13.4. The predicted molar refractivity (Wildman–Crippen MR) is 172 cm³/mol. The number of aromatic nitrogens is 4. The molecule has 1 amide bonds. The molecule has 2 saturated heterocycles. The van der Waals surface area contributed by atoms with Gasteiger partial charge < -0.3 is 25.4 Å². The third kappa shape index (κ3) is 7.10. The van der Waals surface area contributed by atoms with Crippen molar-refractivity contribution in [3.63, 3.8) is 0 Å². The van der Waals surface area contributed by atoms with Gasteiger partial charge in [0.15, 0.2) is 17.8 Å². The van der Waals surface area contributed by atoms with Crippen LogP contribution >= 0.6 is 0 Å². The Morgan fingerprint density at radius 3 is 2.64 bits per heavy atom. The fraction of sp³-hybridized carbons (Fsp3) is 0.559. The molecule has 2 aliphatic heterocycles. The summed E-state index contributed by atoms with van der Waals surface area (Å²) in [6.07, 6.45) is 8.72. The molecule has 2 fully saturated rings. The van der Waals surface area contributed by atoms with Gasteiger partial charge >= 0.3 is 0 Å². The van der Waals surface area contributed by atoms with E-state index in [0.717, 1.165) is 68.6 Å². The molecule has 0 saturated carbocycles. The number of amides is 1. The first-order chi connectivity index (χ1) is 21.7. The number of ketones is 1. The third-order valence-corrected chi connectivity index (χ3v) is 9.32. The average Bonchev–Trinajstić information content (AvgIpc) is 3.43. The minimum Gasteiger partial charge on any atom is -0.368 e. The molecule has 45 heavy (non-hydrogen) atoms. The first-order valence-electron chi connectivity index (χ1n) is 16.3. The summed E-state index contributed by atoms with van der Waals surface area (Å²) in [5.41, 5.74) is 10.6. The molecule has 11 heteroatoms. The lowest BCUT2D eigenvalue weighted by Crippen LogP contribution is -2.31. The van der Waals surface area contributed by atoms with E-state index < -0.39 is 5.41 Å². The van der Waals surface area contributed by atoms with E-state index in [-0.39, 0.29) is 23.9 Å². The molecule has 6 rings (SSSR count). The van der Waals surface area contributed by atoms with Crippen molar-refractivity contribution in [3.05, 3.63) is 52.8 Å². The lowest BCUT2D eigenvalue weighted by Gasteiger charge is -2.31. The highest BCUT2D eigenvalue weighted by Gasteiger charge is 2.40. The van der Waals surface area contributed by atoms with Crippen LogP contribution in [0.15, 0.2) is 30.5 Å². The Balaban J connectivity index is 1.20. The standard InChI is InChI=1S/C34H45N7O4/c1-34(2)20-24-21-36-33(35)38-29(24)31-28(34)30(39-41(31)14-6-18-45-27-7-4-5-17-44-27)32(43)37-25-10-8-23(9-11-25)26(42)19-22-12-15-40(3)16-13-22/h8-11,21-22,27H,4-7,12-20H2,1-3H3,(H,37,43)(H2,35,36,38). The molecule has 11 nitrogen and oxygen atoms in total. The molecule has 1 aliphatic carbocycles. The number of nitrogens with zero attached hydrogens (tertiary/aromatic N) is 5. The molecule has 1 atom stereocenters. The number of anilines is 2. The summed E-state index contributed by atoms with van der Waals surface area (Å²) in [5.74, 6) is 0.453. The van der Waals surface area contributed by atoms with Gasteiger partial charge in [0.2, 0.25) is 5.95 Å². The number of hydrogen-bond acceptors (Lipinski definition) is 9. The number of piperidine rings is 1. The van der Waals surface area contributed by atoms with Gasteiger partial charge in [-0.2, -0.15) is 5.10 Å². The number of Topliss-reactive ketones (excluding diaryl/α,β-unsaturated/α-hetero) is 1. The van der Waals surface area contributed by atoms with Gasteiger partial charge in [-0.05, 0) is 106 Å². The molecular weight excluding hydrogens is 570 g/mol. The Morgan fingerprint density at radius 2 is 1.91 bits per heavy atom. The minimum atomic E-state index is -0.399. The zero-order valence-corrected chi connectivity index (χ0v) is 26.7. The van der Waals surface area contributed by atoms with Crippen LogP contribution in [0.2, 0.25) is 0 Å². The highest BCUT2D eigenvalue weighted by atomic mass is 16.7. The third-order valence-electron chi connectivity index (χ3n) is 9.32. The number of rotatable bonds is 10. The van der Waals surface area contributed by atoms with Crippen molar-refractivity contribution in [1.82, 2.24) is 24.6 Å². The molecule has 240 valence electrons. The zero-order chi connectivity index (χ0) is 31.6. The number of nitrogens with one attached hydrogen (secondary N) is 1. The minimum absolute atomic E-state index is 0.149. The number of hydrogen-bond donors (Lipinski definition) is 2. The Labute approximate surface area is 264 Å². The molecule has 3 aromatic rings. The summed E-state index contributed by atoms with van der Waals surface area (Å²) >= 11 is 0. The number of carbonyl (C=O) groups excluding carboxylic acids is 2. The van der Waals surface area contributed by atoms with Crippen molar-refractivity contribution in [2.45, 2.75) is 83.5 Å². The molecule has 3 aliphatic rings. The first-order valence-corrected chi connectivity index (χ1v) is 16.3. The molecule has 3 N–H and O–H groups in total. The van der Waals surface area contributed by atoms with Gasteiger partial charge in [-0.25, -0.2) is 9.97 Å². The highest BCUT2D eigenvalue weighted by Crippen LogP contribution is 2.44. The number of ether oxygens (including phenoxy) is 2. The van der Waals surface area contributed by atoms with Crippen molar-refractivity contribution < 1.29 is 19.1 Å². The van der Waals surface area contributed by atoms with Gasteiger partial charge in [-0.15, -0.1) is 0 Å². The van der Waals surface area contributed by atoms with Crippen molar-refractivity contribution in [1.29, 1.82) is 0 Å². The normalized spacial score (nSPS) is 19.9. The molecular formula is C34H45N7O4. The van der Waals surface area contributed by atoms with E-state index in [0.29, 0.717) is 61.0 Å². The molecule has 0 spiro atoms. The second-order valence-electron chi connectivity index (χ2n) is 13.4. The van der Waals surface area contributed by atoms with E-state index >= 15 is 0 Å². The largest absolute Gasteiger partial charge is 0.368 e. The van der Waals surface area contributed by atoms with E-state index in [2.05, 4.69) is 41.1 Å². The van der Waals surface area contributed by atoms with Gasteiger partial charge in [0.25, 0.3) is 5.91 Å². The molecule has 0 bridgehead atoms. The van der Waals surface area contributed by atoms with Gasteiger partial charge in [-0.1, -0.05) is 13.8 Å². The van der Waals surface area contributed by atoms with Crippen LogP contribution < -0.4 is 11.1 Å². The van der Waals surface area contributed by atoms with Crippen LogP contribution in [0.5, 0.6) is 0 Å². The van der Waals surface area contributed by atoms with Crippen LogP contribution in [0.25, 0.3) is 11.4 Å². The molecule has 2 aromatic heterocycles. The van der Waals surface area contributed by atoms with Gasteiger partial charge in [0.05, 0.1) is 18.0 Å². The van der Waals surface area contributed by atoms with Crippen LogP contribution in [0.3, 0.4) is 0 Å². The molecule has 1 unspecified atom stereocenters. The number of fused-ring (bicyclic) bond motifs is 3. The molecule has 1 aromatic carbocycles. The van der Waals surface area contributed by atoms with E-state index in [1.807, 2.05) is 4.68 Å². The quantitative estimate of drug-likeness (QED) is 0.242. The average molecular weight is 616 g/mol. The monoisotopic (exact) mass is 615 g/mol. The highest BCUT2D eigenvalue weighted by molar-refractivity contribution is 6.06. The van der Waals surface area contributed by atoms with Crippen molar-refractivity contribution in [2.24, 2.45) is 5.92 Å². The summed E-state index contributed by atoms with van der Waals surface area (Å²) in [4.78, 5) is 38.0. The Hall–Kier alpha value is -3.67. The molecule has 4 heterocycles. The maximum absolute atomic E-state index is 13.9. The van der Waals surface area contributed by atoms with Crippen molar-refractivity contribution in [2.75, 3.05) is 44.4 Å². The summed E-state index contributed by atoms with van der Waals surface area (Å²) < 4.78 is 13.5. The number of nitrogen functional groups attached to an aromatic ring is 1. The van der Waals surface area contributed by atoms with Crippen LogP contribution in [0, 0.1) is 5.92 Å². The SMILES string of the molecule is CN1CCC(CC(=O)c2ccc(NC(=O)c3nn(CCCOC4CCCCO4)c4c3C(C)(C)Cc3cnc(N)nc3-4)cc2)CC1. The number of benzene rings is 1. The lowest BCUT2D eigenvalue weighted by molar-refractivity contribution is -0.163. The number of likely N-dealkylation sites (tertiary alicyclic amines) is 1. The number of nitrogens with two attached hydrogens (primary N) is 1. The van der Waals surface area contributed by atoms with Gasteiger partial charge in [0, 0.05) is 42.6 Å². The van der Waals surface area contributed by atoms with E-state index in [1.165, 1.54) is 0 Å². The lowest BCUT2D eigenvalue weighted by atomic mass is 9.73. The Bertz CT molecular complexity index is 1520. The number of carbonyl (C=O) groups is 2. The Kier molecular flexibility index (Phi) is 9.30. The van der Waals surface area contributed by atoms with E-state index in [9.17, 15) is 9.59 Å². The van der Waals surface area contributed by atoms with Crippen LogP contribution in [0.4, 0.5) is 11.6 Å². The van der Waals surface area contributed by atoms with Crippen LogP contribution in [0.1, 0.15) is 90.8 Å². The van der Waals surface area contributed by atoms with E-state index in [1.54, 1.807) is 30.5 Å². The predicted octanol–water partition coefficient (Wildman–Crippen LogP) is 4.86. The summed E-state index contributed by atoms with van der Waals surface area (Å²) in [7, 11) is 2.12. The fourth-order valence-corrected chi connectivity index (χ4v) is 6.83. The van der Waals surface area contributed by atoms with Gasteiger partial charge in [0.1, 0.15) is 0 Å². The maximum atomic E-state index is 13.9. The Morgan fingerprint density at radius 1 is 1.13 bits per heavy atom.